The number of aliphatic imine (C=N–C) groups is 1. The minimum Gasteiger partial charge on any atom is -0.289 e. The van der Waals surface area contributed by atoms with Crippen molar-refractivity contribution in [3.05, 3.63) is 17.0 Å². The fourth-order valence-electron chi connectivity index (χ4n) is 2.58. The summed E-state index contributed by atoms with van der Waals surface area (Å²) in [4.78, 5) is 18.7. The third kappa shape index (κ3) is 2.75. The summed E-state index contributed by atoms with van der Waals surface area (Å²) in [6.45, 7) is 7.48. The fraction of sp³-hybridized carbons (Fsp3) is 0.643. The van der Waals surface area contributed by atoms with Crippen LogP contribution in [0.2, 0.25) is 0 Å². The zero-order chi connectivity index (χ0) is 14.9. The van der Waals surface area contributed by atoms with Crippen molar-refractivity contribution < 1.29 is 4.79 Å². The van der Waals surface area contributed by atoms with E-state index >= 15 is 0 Å². The van der Waals surface area contributed by atoms with Crippen LogP contribution in [0.4, 0.5) is 0 Å². The molecule has 0 aromatic carbocycles. The zero-order valence-electron chi connectivity index (χ0n) is 12.8. The van der Waals surface area contributed by atoms with Crippen LogP contribution in [-0.2, 0) is 18.3 Å². The van der Waals surface area contributed by atoms with Crippen molar-refractivity contribution in [1.29, 1.82) is 0 Å². The summed E-state index contributed by atoms with van der Waals surface area (Å²) in [5, 5.41) is 5.26. The molecule has 0 saturated carbocycles. The molecule has 0 N–H and O–H groups in total. The Kier molecular flexibility index (Phi) is 4.52. The summed E-state index contributed by atoms with van der Waals surface area (Å²) < 4.78 is 1.88. The van der Waals surface area contributed by atoms with Crippen LogP contribution in [0.3, 0.4) is 0 Å². The summed E-state index contributed by atoms with van der Waals surface area (Å²) in [6.07, 6.45) is 2.70. The molecule has 5 nitrogen and oxygen atoms in total. The second-order valence-corrected chi connectivity index (χ2v) is 6.01. The topological polar surface area (TPSA) is 50.5 Å². The van der Waals surface area contributed by atoms with Crippen LogP contribution >= 0.6 is 11.8 Å². The second kappa shape index (κ2) is 5.99. The van der Waals surface area contributed by atoms with E-state index in [0.717, 1.165) is 29.5 Å². The van der Waals surface area contributed by atoms with Crippen LogP contribution in [0.5, 0.6) is 0 Å². The highest BCUT2D eigenvalue weighted by molar-refractivity contribution is 8.13. The molecule has 1 aromatic heterocycles. The predicted molar refractivity (Wildman–Crippen MR) is 83.1 cm³/mol. The maximum atomic E-state index is 12.6. The van der Waals surface area contributed by atoms with E-state index in [1.54, 1.807) is 11.8 Å². The Morgan fingerprint density at radius 1 is 1.45 bits per heavy atom. The lowest BCUT2D eigenvalue weighted by atomic mass is 9.98. The summed E-state index contributed by atoms with van der Waals surface area (Å²) >= 11 is 1.54. The van der Waals surface area contributed by atoms with E-state index in [4.69, 9.17) is 0 Å². The Hall–Kier alpha value is -1.30. The van der Waals surface area contributed by atoms with Crippen LogP contribution in [0.15, 0.2) is 4.99 Å². The van der Waals surface area contributed by atoms with Gasteiger partial charge in [0.1, 0.15) is 0 Å². The highest BCUT2D eigenvalue weighted by Crippen LogP contribution is 2.21. The molecule has 0 fully saturated rings. The number of rotatable bonds is 3. The molecule has 2 rings (SSSR count). The van der Waals surface area contributed by atoms with Crippen molar-refractivity contribution in [1.82, 2.24) is 14.7 Å². The third-order valence-electron chi connectivity index (χ3n) is 3.84. The number of carbonyl (C=O) groups is 1. The predicted octanol–water partition coefficient (Wildman–Crippen LogP) is 1.78. The van der Waals surface area contributed by atoms with Crippen molar-refractivity contribution >= 4 is 22.8 Å². The highest BCUT2D eigenvalue weighted by Gasteiger charge is 2.28. The first-order valence-corrected chi connectivity index (χ1v) is 8.07. The minimum absolute atomic E-state index is 0.0490. The van der Waals surface area contributed by atoms with Gasteiger partial charge in [-0.2, -0.15) is 5.10 Å². The maximum absolute atomic E-state index is 12.6. The van der Waals surface area contributed by atoms with Gasteiger partial charge >= 0.3 is 0 Å². The molecule has 0 radical (unpaired) electrons. The number of hydrogen-bond acceptors (Lipinski definition) is 4. The molecule has 1 amide bonds. The van der Waals surface area contributed by atoms with Crippen LogP contribution in [0.25, 0.3) is 0 Å². The SMILES string of the molecule is CSC1=NCCN1C(=O)[C@@H](C)Cc1c(C)nn(C)c1C. The van der Waals surface area contributed by atoms with Crippen LogP contribution in [0.1, 0.15) is 23.9 Å². The molecule has 0 saturated heterocycles. The number of amidine groups is 1. The van der Waals surface area contributed by atoms with E-state index in [2.05, 4.69) is 17.0 Å². The molecule has 1 atom stereocenters. The van der Waals surface area contributed by atoms with Crippen LogP contribution < -0.4 is 0 Å². The lowest BCUT2D eigenvalue weighted by molar-refractivity contribution is -0.130. The first-order valence-electron chi connectivity index (χ1n) is 6.84. The molecule has 0 unspecified atom stereocenters. The Balaban J connectivity index is 2.10. The van der Waals surface area contributed by atoms with Crippen molar-refractivity contribution in [3.8, 4) is 0 Å². The number of aryl methyl sites for hydroxylation is 2. The van der Waals surface area contributed by atoms with E-state index in [1.807, 2.05) is 36.7 Å². The highest BCUT2D eigenvalue weighted by atomic mass is 32.2. The van der Waals surface area contributed by atoms with Gasteiger partial charge in [0.15, 0.2) is 5.17 Å². The average Bonchev–Trinajstić information content (AvgIpc) is 2.98. The molecule has 110 valence electrons. The molecule has 6 heteroatoms. The molecule has 1 aliphatic rings. The first kappa shape index (κ1) is 15.1. The van der Waals surface area contributed by atoms with Gasteiger partial charge < -0.3 is 0 Å². The van der Waals surface area contributed by atoms with E-state index < -0.39 is 0 Å². The summed E-state index contributed by atoms with van der Waals surface area (Å²) in [6, 6.07) is 0. The van der Waals surface area contributed by atoms with Crippen LogP contribution in [0, 0.1) is 19.8 Å². The number of hydrogen-bond donors (Lipinski definition) is 0. The molecular formula is C14H22N4OS. The van der Waals surface area contributed by atoms with Gasteiger partial charge in [0, 0.05) is 25.2 Å². The number of nitrogens with zero attached hydrogens (tertiary/aromatic N) is 4. The molecule has 0 aliphatic carbocycles. The summed E-state index contributed by atoms with van der Waals surface area (Å²) in [5.41, 5.74) is 3.35. The van der Waals surface area contributed by atoms with E-state index in [9.17, 15) is 4.79 Å². The van der Waals surface area contributed by atoms with Gasteiger partial charge in [-0.05, 0) is 32.1 Å². The quantitative estimate of drug-likeness (QED) is 0.854. The Morgan fingerprint density at radius 2 is 2.15 bits per heavy atom. The molecule has 2 heterocycles. The van der Waals surface area contributed by atoms with Crippen molar-refractivity contribution in [2.75, 3.05) is 19.3 Å². The van der Waals surface area contributed by atoms with Gasteiger partial charge in [0.05, 0.1) is 12.2 Å². The Bertz CT molecular complexity index is 550. The van der Waals surface area contributed by atoms with E-state index in [0.29, 0.717) is 6.54 Å². The lowest BCUT2D eigenvalue weighted by Gasteiger charge is -2.21. The second-order valence-electron chi connectivity index (χ2n) is 5.24. The van der Waals surface area contributed by atoms with Gasteiger partial charge in [-0.15, -0.1) is 0 Å². The largest absolute Gasteiger partial charge is 0.289 e. The van der Waals surface area contributed by atoms with Crippen molar-refractivity contribution in [2.45, 2.75) is 27.2 Å². The number of amides is 1. The lowest BCUT2D eigenvalue weighted by Crippen LogP contribution is -2.37. The standard InChI is InChI=1S/C14H22N4OS/c1-9(8-12-10(2)16-17(4)11(12)3)13(19)18-7-6-15-14(18)20-5/h9H,6-8H2,1-5H3/t9-/m0/s1. The maximum Gasteiger partial charge on any atom is 0.231 e. The Labute approximate surface area is 124 Å². The van der Waals surface area contributed by atoms with Gasteiger partial charge in [0.2, 0.25) is 5.91 Å². The normalized spacial score (nSPS) is 16.4. The summed E-state index contributed by atoms with van der Waals surface area (Å²) in [5.74, 6) is 0.116. The van der Waals surface area contributed by atoms with E-state index in [1.165, 1.54) is 5.56 Å². The summed E-state index contributed by atoms with van der Waals surface area (Å²) in [7, 11) is 1.94. The molecule has 1 aliphatic heterocycles. The molecule has 0 spiro atoms. The van der Waals surface area contributed by atoms with Gasteiger partial charge in [-0.1, -0.05) is 18.7 Å². The van der Waals surface area contributed by atoms with Crippen molar-refractivity contribution in [3.63, 3.8) is 0 Å². The number of aromatic nitrogens is 2. The molecular weight excluding hydrogens is 272 g/mol. The number of thioether (sulfide) groups is 1. The molecule has 1 aromatic rings. The molecule has 20 heavy (non-hydrogen) atoms. The minimum atomic E-state index is -0.0490. The fourth-order valence-corrected chi connectivity index (χ4v) is 3.20. The first-order chi connectivity index (χ1) is 9.45. The molecule has 0 bridgehead atoms. The third-order valence-corrected chi connectivity index (χ3v) is 4.56. The van der Waals surface area contributed by atoms with Gasteiger partial charge in [0.25, 0.3) is 0 Å². The van der Waals surface area contributed by atoms with Gasteiger partial charge in [-0.25, -0.2) is 0 Å². The average molecular weight is 294 g/mol. The van der Waals surface area contributed by atoms with E-state index in [-0.39, 0.29) is 11.8 Å². The monoisotopic (exact) mass is 294 g/mol. The number of carbonyl (C=O) groups excluding carboxylic acids is 1. The van der Waals surface area contributed by atoms with Crippen LogP contribution in [-0.4, -0.2) is 45.1 Å². The zero-order valence-corrected chi connectivity index (χ0v) is 13.6. The van der Waals surface area contributed by atoms with Crippen molar-refractivity contribution in [2.24, 2.45) is 18.0 Å². The Morgan fingerprint density at radius 3 is 2.70 bits per heavy atom. The smallest absolute Gasteiger partial charge is 0.231 e. The van der Waals surface area contributed by atoms with Gasteiger partial charge in [-0.3, -0.25) is 19.4 Å².